The molecule has 1 aromatic carbocycles. The number of aliphatic hydroxyl groups excluding tert-OH is 1. The average molecular weight is 574 g/mol. The van der Waals surface area contributed by atoms with E-state index >= 15 is 0 Å². The van der Waals surface area contributed by atoms with Crippen molar-refractivity contribution in [3.63, 3.8) is 0 Å². The van der Waals surface area contributed by atoms with Gasteiger partial charge in [0.05, 0.1) is 18.4 Å². The number of aliphatic hydroxyl groups is 1. The minimum absolute atomic E-state index is 0.00915. The van der Waals surface area contributed by atoms with Crippen LogP contribution >= 0.6 is 0 Å². The molecule has 3 N–H and O–H groups in total. The Balaban J connectivity index is 1.41. The first-order chi connectivity index (χ1) is 19.4. The van der Waals surface area contributed by atoms with Gasteiger partial charge in [0, 0.05) is 23.2 Å². The number of aromatic nitrogens is 3. The molecule has 220 valence electrons. The molecule has 0 saturated heterocycles. The highest BCUT2D eigenvalue weighted by Gasteiger charge is 2.43. The molecule has 2 saturated carbocycles. The van der Waals surface area contributed by atoms with Gasteiger partial charge in [-0.3, -0.25) is 14.3 Å². The number of halogens is 3. The van der Waals surface area contributed by atoms with E-state index in [1.807, 2.05) is 20.8 Å². The summed E-state index contributed by atoms with van der Waals surface area (Å²) in [5, 5.41) is 19.9. The number of carbonyl (C=O) groups is 2. The second-order valence-corrected chi connectivity index (χ2v) is 11.4. The van der Waals surface area contributed by atoms with Crippen molar-refractivity contribution < 1.29 is 32.3 Å². The Hall–Kier alpha value is -3.67. The summed E-state index contributed by atoms with van der Waals surface area (Å²) in [5.41, 5.74) is 1.19. The van der Waals surface area contributed by atoms with Crippen LogP contribution < -0.4 is 10.6 Å². The average Bonchev–Trinajstić information content (AvgIpc) is 3.85. The van der Waals surface area contributed by atoms with Gasteiger partial charge >= 0.3 is 6.18 Å². The lowest BCUT2D eigenvalue weighted by atomic mass is 10.1. The van der Waals surface area contributed by atoms with Gasteiger partial charge in [0.15, 0.2) is 6.10 Å². The predicted molar refractivity (Wildman–Crippen MR) is 144 cm³/mol. The highest BCUT2D eigenvalue weighted by molar-refractivity contribution is 5.94. The first kappa shape index (κ1) is 28.8. The Bertz CT molecular complexity index is 1400. The van der Waals surface area contributed by atoms with Crippen LogP contribution in [0.4, 0.5) is 13.2 Å². The molecule has 41 heavy (non-hydrogen) atoms. The second kappa shape index (κ2) is 11.3. The van der Waals surface area contributed by atoms with E-state index in [2.05, 4.69) is 20.7 Å². The van der Waals surface area contributed by atoms with Gasteiger partial charge in [-0.2, -0.15) is 18.3 Å². The minimum atomic E-state index is -4.87. The SMILES string of the molecule is CC(C)C(C)NC(=O)c1cnc(-c2cccc(-c3cc(C(=O)NC(C4CC4)C4CC4)n(CC(O)C(F)(F)F)n3)c2)o1. The zero-order valence-electron chi connectivity index (χ0n) is 23.1. The van der Waals surface area contributed by atoms with Crippen LogP contribution in [0.5, 0.6) is 0 Å². The molecule has 3 aromatic rings. The third kappa shape index (κ3) is 6.80. The first-order valence-electron chi connectivity index (χ1n) is 13.9. The molecule has 0 radical (unpaired) electrons. The van der Waals surface area contributed by atoms with Gasteiger partial charge in [-0.15, -0.1) is 0 Å². The zero-order chi connectivity index (χ0) is 29.5. The minimum Gasteiger partial charge on any atom is -0.431 e. The van der Waals surface area contributed by atoms with E-state index in [1.54, 1.807) is 24.3 Å². The molecule has 2 aliphatic rings. The van der Waals surface area contributed by atoms with Crippen LogP contribution in [0, 0.1) is 17.8 Å². The smallest absolute Gasteiger partial charge is 0.416 e. The van der Waals surface area contributed by atoms with Gasteiger partial charge in [0.1, 0.15) is 5.69 Å². The molecule has 2 fully saturated rings. The van der Waals surface area contributed by atoms with Gasteiger partial charge in [-0.05, 0) is 68.6 Å². The quantitative estimate of drug-likeness (QED) is 0.302. The van der Waals surface area contributed by atoms with E-state index in [0.717, 1.165) is 30.4 Å². The van der Waals surface area contributed by atoms with Crippen molar-refractivity contribution >= 4 is 11.8 Å². The maximum absolute atomic E-state index is 13.3. The van der Waals surface area contributed by atoms with Crippen molar-refractivity contribution in [1.82, 2.24) is 25.4 Å². The lowest BCUT2D eigenvalue weighted by Gasteiger charge is -2.19. The molecule has 12 heteroatoms. The summed E-state index contributed by atoms with van der Waals surface area (Å²) in [5.74, 6) is 0.322. The largest absolute Gasteiger partial charge is 0.431 e. The van der Waals surface area contributed by atoms with Crippen molar-refractivity contribution in [2.24, 2.45) is 17.8 Å². The number of amides is 2. The Kier molecular flexibility index (Phi) is 7.95. The van der Waals surface area contributed by atoms with Crippen LogP contribution in [-0.4, -0.2) is 56.0 Å². The molecule has 2 atom stereocenters. The summed E-state index contributed by atoms with van der Waals surface area (Å²) in [6.45, 7) is 4.95. The van der Waals surface area contributed by atoms with Crippen molar-refractivity contribution in [1.29, 1.82) is 0 Å². The summed E-state index contributed by atoms with van der Waals surface area (Å²) in [7, 11) is 0. The molecular weight excluding hydrogens is 539 g/mol. The molecule has 9 nitrogen and oxygen atoms in total. The number of carbonyl (C=O) groups excluding carboxylic acids is 2. The molecule has 2 unspecified atom stereocenters. The standard InChI is InChI=1S/C29H34F3N5O4/c1-15(2)16(3)34-27(40)23-13-33-28(41-23)20-6-4-5-19(11-20)21-12-22(37(36-21)14-24(38)29(30,31)32)26(39)35-25(17-7-8-17)18-9-10-18/h4-6,11-13,15-18,24-25,38H,7-10,14H2,1-3H3,(H,34,40)(H,35,39). The zero-order valence-corrected chi connectivity index (χ0v) is 23.1. The van der Waals surface area contributed by atoms with Crippen LogP contribution in [0.25, 0.3) is 22.7 Å². The molecule has 0 bridgehead atoms. The van der Waals surface area contributed by atoms with Crippen LogP contribution in [0.3, 0.4) is 0 Å². The summed E-state index contributed by atoms with van der Waals surface area (Å²) in [6.07, 6.45) is -2.15. The molecule has 5 rings (SSSR count). The lowest BCUT2D eigenvalue weighted by molar-refractivity contribution is -0.208. The van der Waals surface area contributed by atoms with Gasteiger partial charge in [-0.1, -0.05) is 26.0 Å². The van der Waals surface area contributed by atoms with E-state index in [4.69, 9.17) is 4.42 Å². The molecule has 2 aliphatic carbocycles. The molecule has 0 aliphatic heterocycles. The van der Waals surface area contributed by atoms with Gasteiger partial charge in [0.2, 0.25) is 11.7 Å². The fourth-order valence-electron chi connectivity index (χ4n) is 4.67. The normalized spacial score (nSPS) is 17.1. The van der Waals surface area contributed by atoms with Crippen molar-refractivity contribution in [2.75, 3.05) is 0 Å². The van der Waals surface area contributed by atoms with E-state index < -0.39 is 30.6 Å². The Morgan fingerprint density at radius 2 is 1.71 bits per heavy atom. The summed E-state index contributed by atoms with van der Waals surface area (Å²) in [4.78, 5) is 30.0. The number of hydrogen-bond acceptors (Lipinski definition) is 6. The van der Waals surface area contributed by atoms with Crippen molar-refractivity contribution in [2.45, 2.75) is 77.4 Å². The molecular formula is C29H34F3N5O4. The molecule has 2 aromatic heterocycles. The summed E-state index contributed by atoms with van der Waals surface area (Å²) < 4.78 is 46.2. The maximum atomic E-state index is 13.3. The Labute approximate surface area is 235 Å². The van der Waals surface area contributed by atoms with Crippen LogP contribution in [0.2, 0.25) is 0 Å². The monoisotopic (exact) mass is 573 g/mol. The molecule has 0 spiro atoms. The second-order valence-electron chi connectivity index (χ2n) is 11.4. The third-order valence-corrected chi connectivity index (χ3v) is 7.79. The van der Waals surface area contributed by atoms with Crippen molar-refractivity contribution in [3.05, 3.63) is 48.0 Å². The number of hydrogen-bond donors (Lipinski definition) is 3. The van der Waals surface area contributed by atoms with E-state index in [1.165, 1.54) is 12.3 Å². The van der Waals surface area contributed by atoms with Gasteiger partial charge in [-0.25, -0.2) is 4.98 Å². The molecule has 2 heterocycles. The predicted octanol–water partition coefficient (Wildman–Crippen LogP) is 4.82. The van der Waals surface area contributed by atoms with E-state index in [-0.39, 0.29) is 41.0 Å². The fraction of sp³-hybridized carbons (Fsp3) is 0.517. The highest BCUT2D eigenvalue weighted by atomic mass is 19.4. The number of rotatable bonds is 11. The van der Waals surface area contributed by atoms with Crippen LogP contribution in [0.15, 0.2) is 40.9 Å². The first-order valence-corrected chi connectivity index (χ1v) is 13.9. The van der Waals surface area contributed by atoms with Crippen LogP contribution in [-0.2, 0) is 6.54 Å². The summed E-state index contributed by atoms with van der Waals surface area (Å²) >= 11 is 0. The number of benzene rings is 1. The lowest BCUT2D eigenvalue weighted by Crippen LogP contribution is -2.40. The van der Waals surface area contributed by atoms with Gasteiger partial charge in [0.25, 0.3) is 11.8 Å². The van der Waals surface area contributed by atoms with Crippen LogP contribution in [0.1, 0.15) is 67.5 Å². The Morgan fingerprint density at radius 1 is 1.05 bits per heavy atom. The fourth-order valence-corrected chi connectivity index (χ4v) is 4.67. The maximum Gasteiger partial charge on any atom is 0.416 e. The Morgan fingerprint density at radius 3 is 2.32 bits per heavy atom. The number of nitrogens with one attached hydrogen (secondary N) is 2. The van der Waals surface area contributed by atoms with E-state index in [0.29, 0.717) is 23.0 Å². The topological polar surface area (TPSA) is 122 Å². The van der Waals surface area contributed by atoms with E-state index in [9.17, 15) is 27.9 Å². The van der Waals surface area contributed by atoms with Gasteiger partial charge < -0.3 is 20.2 Å². The number of alkyl halides is 3. The third-order valence-electron chi connectivity index (χ3n) is 7.79. The number of nitrogens with zero attached hydrogens (tertiary/aromatic N) is 3. The number of oxazole rings is 1. The summed E-state index contributed by atoms with van der Waals surface area (Å²) in [6, 6.07) is 8.10. The molecule has 2 amide bonds. The van der Waals surface area contributed by atoms with Crippen molar-refractivity contribution in [3.8, 4) is 22.7 Å². The highest BCUT2D eigenvalue weighted by Crippen LogP contribution is 2.44.